The van der Waals surface area contributed by atoms with Crippen molar-refractivity contribution < 1.29 is 33.0 Å². The fraction of sp³-hybridized carbons (Fsp3) is 0.424. The van der Waals surface area contributed by atoms with Gasteiger partial charge in [-0.3, -0.25) is 5.32 Å². The summed E-state index contributed by atoms with van der Waals surface area (Å²) < 4.78 is 45.2. The van der Waals surface area contributed by atoms with Crippen LogP contribution in [0.15, 0.2) is 17.3 Å². The largest absolute Gasteiger partial charge is 0.465 e. The van der Waals surface area contributed by atoms with Gasteiger partial charge in [0.15, 0.2) is 11.0 Å². The van der Waals surface area contributed by atoms with Gasteiger partial charge in [0, 0.05) is 46.4 Å². The number of hydrogen-bond acceptors (Lipinski definition) is 10. The van der Waals surface area contributed by atoms with Crippen molar-refractivity contribution in [3.8, 4) is 17.2 Å². The molecule has 0 aliphatic carbocycles. The number of hydrogen-bond donors (Lipinski definition) is 2. The van der Waals surface area contributed by atoms with Gasteiger partial charge in [-0.1, -0.05) is 18.7 Å². The summed E-state index contributed by atoms with van der Waals surface area (Å²) in [6, 6.07) is 4.52. The summed E-state index contributed by atoms with van der Waals surface area (Å²) in [5.74, 6) is -0.366. The van der Waals surface area contributed by atoms with Gasteiger partial charge in [0.2, 0.25) is 0 Å². The first-order valence-electron chi connectivity index (χ1n) is 15.6. The topological polar surface area (TPSA) is 141 Å². The fourth-order valence-electron chi connectivity index (χ4n) is 7.04. The highest BCUT2D eigenvalue weighted by Crippen LogP contribution is 2.49. The molecule has 3 aliphatic rings. The molecule has 0 saturated carbocycles. The first-order valence-corrected chi connectivity index (χ1v) is 17.4. The van der Waals surface area contributed by atoms with Crippen molar-refractivity contribution in [1.82, 2.24) is 14.9 Å². The lowest BCUT2D eigenvalue weighted by Crippen LogP contribution is -2.55. The van der Waals surface area contributed by atoms with Crippen LogP contribution in [0.4, 0.5) is 29.2 Å². The van der Waals surface area contributed by atoms with E-state index in [0.717, 1.165) is 24.2 Å². The van der Waals surface area contributed by atoms with Crippen molar-refractivity contribution in [2.45, 2.75) is 76.6 Å². The zero-order valence-corrected chi connectivity index (χ0v) is 28.3. The quantitative estimate of drug-likeness (QED) is 0.160. The van der Waals surface area contributed by atoms with Crippen LogP contribution in [0.5, 0.6) is 0 Å². The summed E-state index contributed by atoms with van der Waals surface area (Å²) in [4.78, 5) is 37.6. The molecular formula is C33H32F2N6O5S2. The molecule has 2 aromatic carbocycles. The summed E-state index contributed by atoms with van der Waals surface area (Å²) in [6.45, 7) is 7.77. The maximum absolute atomic E-state index is 17.3. The fourth-order valence-corrected chi connectivity index (χ4v) is 8.65. The van der Waals surface area contributed by atoms with E-state index in [0.29, 0.717) is 51.0 Å². The number of carbonyl (C=O) groups excluding carboxylic acids is 1. The van der Waals surface area contributed by atoms with Gasteiger partial charge in [0.05, 0.1) is 24.2 Å². The predicted molar refractivity (Wildman–Crippen MR) is 179 cm³/mol. The van der Waals surface area contributed by atoms with E-state index in [1.807, 2.05) is 6.92 Å². The number of nitriles is 1. The Morgan fingerprint density at radius 3 is 2.50 bits per heavy atom. The van der Waals surface area contributed by atoms with Crippen molar-refractivity contribution in [3.63, 3.8) is 0 Å². The third kappa shape index (κ3) is 5.36. The lowest BCUT2D eigenvalue weighted by molar-refractivity contribution is 0.0636. The Bertz CT molecular complexity index is 2040. The zero-order valence-electron chi connectivity index (χ0n) is 26.6. The number of thiophene rings is 1. The van der Waals surface area contributed by atoms with Gasteiger partial charge in [0.25, 0.3) is 0 Å². The average molecular weight is 695 g/mol. The second-order valence-electron chi connectivity index (χ2n) is 12.9. The van der Waals surface area contributed by atoms with Gasteiger partial charge >= 0.3 is 12.2 Å². The van der Waals surface area contributed by atoms with Crippen LogP contribution in [0.1, 0.15) is 57.2 Å². The van der Waals surface area contributed by atoms with Gasteiger partial charge in [-0.05, 0) is 62.6 Å². The number of fused-ring (bicyclic) bond motifs is 6. The van der Waals surface area contributed by atoms with Crippen LogP contribution in [-0.2, 0) is 22.7 Å². The van der Waals surface area contributed by atoms with Crippen molar-refractivity contribution in [2.75, 3.05) is 29.1 Å². The number of benzene rings is 2. The van der Waals surface area contributed by atoms with Crippen molar-refractivity contribution >= 4 is 67.1 Å². The Hall–Kier alpha value is -4.26. The van der Waals surface area contributed by atoms with E-state index in [1.54, 1.807) is 20.8 Å². The number of rotatable bonds is 5. The number of halogens is 2. The molecule has 7 rings (SSSR count). The second-order valence-corrected chi connectivity index (χ2v) is 15.2. The second kappa shape index (κ2) is 12.0. The van der Waals surface area contributed by atoms with Crippen LogP contribution >= 0.6 is 23.1 Å². The van der Waals surface area contributed by atoms with E-state index in [-0.39, 0.29) is 57.9 Å². The smallest absolute Gasteiger partial charge is 0.412 e. The van der Waals surface area contributed by atoms with Gasteiger partial charge < -0.3 is 24.4 Å². The monoisotopic (exact) mass is 694 g/mol. The van der Waals surface area contributed by atoms with Crippen LogP contribution in [0.3, 0.4) is 0 Å². The molecule has 2 aromatic heterocycles. The number of anilines is 2. The van der Waals surface area contributed by atoms with Gasteiger partial charge in [0.1, 0.15) is 33.8 Å². The van der Waals surface area contributed by atoms with Gasteiger partial charge in [-0.25, -0.2) is 28.3 Å². The zero-order chi connectivity index (χ0) is 34.1. The van der Waals surface area contributed by atoms with Crippen molar-refractivity contribution in [1.29, 1.82) is 5.26 Å². The van der Waals surface area contributed by atoms with Crippen LogP contribution in [0.2, 0.25) is 0 Å². The summed E-state index contributed by atoms with van der Waals surface area (Å²) in [7, 11) is 0. The minimum atomic E-state index is -0.975. The molecule has 2 unspecified atom stereocenters. The molecule has 2 bridgehead atoms. The highest BCUT2D eigenvalue weighted by molar-refractivity contribution is 7.99. The molecule has 2 N–H and O–H groups in total. The third-order valence-corrected chi connectivity index (χ3v) is 10.6. The number of piperazine rings is 1. The van der Waals surface area contributed by atoms with E-state index in [4.69, 9.17) is 14.5 Å². The number of thioether (sulfide) groups is 1. The molecular weight excluding hydrogens is 663 g/mol. The molecule has 2 amide bonds. The molecule has 11 nitrogen and oxygen atoms in total. The number of nitrogens with one attached hydrogen (secondary N) is 1. The standard InChI is InChI=1S/C33H32F2N6O5S2/c1-5-47-30-37-27-24(28(38-30)41-15-6-7-16(41)12-40(11-15)32(43)44)19-14-45-13-18(19)23(26(27)35)25-20(34)8-9-21-22(25)17(10-36)29(48-21)39-31(42)46-33(2,3)4/h8-9,15-16H,5-7,11-14H2,1-4H3,(H,39,42)(H,43,44). The van der Waals surface area contributed by atoms with Crippen LogP contribution < -0.4 is 10.2 Å². The maximum Gasteiger partial charge on any atom is 0.412 e. The SMILES string of the molecule is CCSc1nc(N2C3CCC2CN(C(=O)O)C3)c2c3c(c(-c4c(F)ccc5sc(NC(=O)OC(C)(C)C)c(C#N)c45)c(F)c2n1)COC3. The minimum absolute atomic E-state index is 0.00695. The molecule has 15 heteroatoms. The number of likely N-dealkylation sites (tertiary alicyclic amines) is 1. The molecule has 0 radical (unpaired) electrons. The van der Waals surface area contributed by atoms with Crippen LogP contribution in [0, 0.1) is 23.0 Å². The Morgan fingerprint density at radius 2 is 1.85 bits per heavy atom. The summed E-state index contributed by atoms with van der Waals surface area (Å²) in [5, 5.41) is 23.7. The van der Waals surface area contributed by atoms with E-state index < -0.39 is 29.4 Å². The highest BCUT2D eigenvalue weighted by Gasteiger charge is 2.44. The molecule has 0 spiro atoms. The van der Waals surface area contributed by atoms with Crippen LogP contribution in [-0.4, -0.2) is 68.7 Å². The maximum atomic E-state index is 17.3. The molecule has 5 heterocycles. The third-order valence-electron chi connectivity index (χ3n) is 8.81. The van der Waals surface area contributed by atoms with E-state index in [1.165, 1.54) is 28.8 Å². The number of nitrogens with zero attached hydrogens (tertiary/aromatic N) is 5. The highest BCUT2D eigenvalue weighted by atomic mass is 32.2. The molecule has 2 saturated heterocycles. The molecule has 2 fully saturated rings. The Labute approximate surface area is 282 Å². The van der Waals surface area contributed by atoms with E-state index >= 15 is 8.78 Å². The lowest BCUT2D eigenvalue weighted by atomic mass is 9.90. The summed E-state index contributed by atoms with van der Waals surface area (Å²) >= 11 is 2.41. The molecule has 2 atom stereocenters. The van der Waals surface area contributed by atoms with Crippen molar-refractivity contribution in [2.24, 2.45) is 0 Å². The Kier molecular flexibility index (Phi) is 8.08. The van der Waals surface area contributed by atoms with Gasteiger partial charge in [-0.15, -0.1) is 11.3 Å². The minimum Gasteiger partial charge on any atom is -0.465 e. The first kappa shape index (κ1) is 32.3. The van der Waals surface area contributed by atoms with E-state index in [2.05, 4.69) is 21.3 Å². The number of amides is 2. The number of aromatic nitrogens is 2. The molecule has 4 aromatic rings. The number of ether oxygens (including phenoxy) is 2. The van der Waals surface area contributed by atoms with Gasteiger partial charge in [-0.2, -0.15) is 5.26 Å². The normalized spacial score (nSPS) is 18.8. The Morgan fingerprint density at radius 1 is 1.15 bits per heavy atom. The average Bonchev–Trinajstić information content (AvgIpc) is 3.70. The van der Waals surface area contributed by atoms with E-state index in [9.17, 15) is 20.0 Å². The lowest BCUT2D eigenvalue weighted by Gasteiger charge is -2.41. The Balaban J connectivity index is 1.46. The molecule has 250 valence electrons. The number of carbonyl (C=O) groups is 2. The van der Waals surface area contributed by atoms with Crippen LogP contribution in [0.25, 0.3) is 32.1 Å². The molecule has 48 heavy (non-hydrogen) atoms. The molecule has 3 aliphatic heterocycles. The first-order chi connectivity index (χ1) is 22.9. The number of carboxylic acid groups (broad SMARTS) is 1. The predicted octanol–water partition coefficient (Wildman–Crippen LogP) is 7.48. The van der Waals surface area contributed by atoms with Crippen molar-refractivity contribution in [3.05, 3.63) is 40.5 Å². The summed E-state index contributed by atoms with van der Waals surface area (Å²) in [6.07, 6.45) is -0.228. The summed E-state index contributed by atoms with van der Waals surface area (Å²) in [5.41, 5.74) is 0.0971.